The molecule has 11 nitrogen and oxygen atoms in total. The molecule has 11 heteroatoms. The number of aliphatic hydroxyl groups is 1. The number of hydrogen-bond acceptors (Lipinski definition) is 11. The van der Waals surface area contributed by atoms with Crippen molar-refractivity contribution in [2.24, 2.45) is 17.3 Å². The molecule has 2 saturated heterocycles. The van der Waals surface area contributed by atoms with Crippen LogP contribution in [-0.2, 0) is 47.9 Å². The average molecular weight is 525 g/mol. The first-order valence-electron chi connectivity index (χ1n) is 12.6. The van der Waals surface area contributed by atoms with Crippen LogP contribution < -0.4 is 0 Å². The van der Waals surface area contributed by atoms with E-state index in [0.29, 0.717) is 19.3 Å². The SMILES string of the molecule is CC(=O)OO[C@@H]1[C@H]2[C@@]3(C)O[C@H]3C[C@H](OC(C)=O)[C@]2(C)[C@H](OC(C)=O)CC/C(C)=C\[C@@H]2OC(=O)[C@H](C)[C@]21O. The Morgan fingerprint density at radius 2 is 1.68 bits per heavy atom. The maximum absolute atomic E-state index is 12.8. The molecule has 37 heavy (non-hydrogen) atoms. The molecule has 4 aliphatic rings. The lowest BCUT2D eigenvalue weighted by atomic mass is 9.53. The Bertz CT molecular complexity index is 1020. The summed E-state index contributed by atoms with van der Waals surface area (Å²) in [6.45, 7) is 10.7. The molecule has 0 aromatic carbocycles. The van der Waals surface area contributed by atoms with Crippen LogP contribution in [0.5, 0.6) is 0 Å². The van der Waals surface area contributed by atoms with E-state index in [-0.39, 0.29) is 6.10 Å². The van der Waals surface area contributed by atoms with Crippen LogP contribution in [0.3, 0.4) is 0 Å². The monoisotopic (exact) mass is 524 g/mol. The number of hydrogen-bond donors (Lipinski definition) is 1. The quantitative estimate of drug-likeness (QED) is 0.144. The molecule has 0 radical (unpaired) electrons. The summed E-state index contributed by atoms with van der Waals surface area (Å²) >= 11 is 0. The normalized spacial score (nSPS) is 46.1. The van der Waals surface area contributed by atoms with Crippen LogP contribution >= 0.6 is 0 Å². The fourth-order valence-electron chi connectivity index (χ4n) is 6.75. The molecule has 0 aromatic heterocycles. The highest BCUT2D eigenvalue weighted by molar-refractivity contribution is 5.77. The van der Waals surface area contributed by atoms with E-state index >= 15 is 0 Å². The lowest BCUT2D eigenvalue weighted by Crippen LogP contribution is -2.68. The highest BCUT2D eigenvalue weighted by Gasteiger charge is 2.77. The molecule has 206 valence electrons. The van der Waals surface area contributed by atoms with E-state index in [2.05, 4.69) is 0 Å². The zero-order valence-electron chi connectivity index (χ0n) is 22.3. The third-order valence-electron chi connectivity index (χ3n) is 8.71. The molecule has 4 rings (SSSR count). The van der Waals surface area contributed by atoms with Crippen molar-refractivity contribution in [1.82, 2.24) is 0 Å². The summed E-state index contributed by atoms with van der Waals surface area (Å²) in [6, 6.07) is 0. The van der Waals surface area contributed by atoms with Crippen LogP contribution in [0.2, 0.25) is 0 Å². The largest absolute Gasteiger partial charge is 0.462 e. The standard InChI is InChI=1S/C26H36O11/c1-12-8-9-17(32-14(3)27)24(6)18(33-15(4)28)11-19-25(7,35-19)21(24)22(37-36-16(5)29)26(31)13(2)23(30)34-20(26)10-12/h10,13,17-22,31H,8-9,11H2,1-7H3/b12-10-/t13-,17+,18-,19-,20-,21+,22+,24-,25-,26-/m0/s1. The van der Waals surface area contributed by atoms with Gasteiger partial charge in [-0.3, -0.25) is 19.3 Å². The number of carbonyl (C=O) groups excluding carboxylic acids is 4. The Balaban J connectivity index is 1.99. The Kier molecular flexibility index (Phi) is 6.96. The van der Waals surface area contributed by atoms with Crippen LogP contribution in [0.15, 0.2) is 11.6 Å². The van der Waals surface area contributed by atoms with Crippen molar-refractivity contribution in [2.75, 3.05) is 0 Å². The van der Waals surface area contributed by atoms with Gasteiger partial charge in [-0.25, -0.2) is 4.79 Å². The number of esters is 3. The smallest absolute Gasteiger partial charge is 0.339 e. The van der Waals surface area contributed by atoms with E-state index < -0.39 is 76.7 Å². The van der Waals surface area contributed by atoms with Gasteiger partial charge in [-0.1, -0.05) is 12.5 Å². The van der Waals surface area contributed by atoms with Gasteiger partial charge in [-0.05, 0) is 39.7 Å². The van der Waals surface area contributed by atoms with Crippen LogP contribution in [0.25, 0.3) is 0 Å². The third kappa shape index (κ3) is 4.44. The molecule has 0 aromatic rings. The second-order valence-electron chi connectivity index (χ2n) is 11.2. The number of allylic oxidation sites excluding steroid dienone is 1. The van der Waals surface area contributed by atoms with E-state index in [0.717, 1.165) is 12.5 Å². The van der Waals surface area contributed by atoms with Crippen molar-refractivity contribution in [2.45, 2.75) is 109 Å². The second-order valence-corrected chi connectivity index (χ2v) is 11.2. The summed E-state index contributed by atoms with van der Waals surface area (Å²) in [5.41, 5.74) is -3.36. The van der Waals surface area contributed by atoms with Gasteiger partial charge in [0.25, 0.3) is 0 Å². The maximum Gasteiger partial charge on any atom is 0.339 e. The summed E-state index contributed by atoms with van der Waals surface area (Å²) in [7, 11) is 0. The van der Waals surface area contributed by atoms with Gasteiger partial charge in [-0.2, -0.15) is 4.89 Å². The summed E-state index contributed by atoms with van der Waals surface area (Å²) in [4.78, 5) is 60.0. The van der Waals surface area contributed by atoms with Crippen LogP contribution in [0.4, 0.5) is 0 Å². The highest BCUT2D eigenvalue weighted by atomic mass is 17.2. The fourth-order valence-corrected chi connectivity index (χ4v) is 6.75. The molecular formula is C26H36O11. The molecule has 0 spiro atoms. The minimum absolute atomic E-state index is 0.322. The highest BCUT2D eigenvalue weighted by Crippen LogP contribution is 2.64. The van der Waals surface area contributed by atoms with Gasteiger partial charge >= 0.3 is 23.9 Å². The van der Waals surface area contributed by atoms with Crippen molar-refractivity contribution in [3.8, 4) is 0 Å². The van der Waals surface area contributed by atoms with Gasteiger partial charge in [0.2, 0.25) is 0 Å². The Hall–Kier alpha value is -2.50. The average Bonchev–Trinajstić information content (AvgIpc) is 3.39. The summed E-state index contributed by atoms with van der Waals surface area (Å²) in [5.74, 6) is -4.43. The lowest BCUT2D eigenvalue weighted by Gasteiger charge is -2.55. The van der Waals surface area contributed by atoms with Crippen molar-refractivity contribution >= 4 is 23.9 Å². The first-order valence-corrected chi connectivity index (χ1v) is 12.6. The van der Waals surface area contributed by atoms with E-state index in [4.69, 9.17) is 28.7 Å². The molecule has 1 saturated carbocycles. The first kappa shape index (κ1) is 27.5. The number of fused-ring (bicyclic) bond motifs is 4. The zero-order valence-corrected chi connectivity index (χ0v) is 22.3. The molecule has 3 fully saturated rings. The third-order valence-corrected chi connectivity index (χ3v) is 8.71. The Morgan fingerprint density at radius 1 is 1.05 bits per heavy atom. The first-order chi connectivity index (χ1) is 17.1. The minimum atomic E-state index is -2.00. The molecule has 2 aliphatic heterocycles. The van der Waals surface area contributed by atoms with Crippen molar-refractivity contribution in [3.05, 3.63) is 11.6 Å². The van der Waals surface area contributed by atoms with E-state index in [1.807, 2.05) is 13.8 Å². The van der Waals surface area contributed by atoms with E-state index in [9.17, 15) is 24.3 Å². The zero-order chi connectivity index (χ0) is 27.5. The van der Waals surface area contributed by atoms with Gasteiger partial charge < -0.3 is 24.1 Å². The van der Waals surface area contributed by atoms with Crippen molar-refractivity contribution in [3.63, 3.8) is 0 Å². The molecule has 10 atom stereocenters. The predicted octanol–water partition coefficient (Wildman–Crippen LogP) is 1.93. The second kappa shape index (κ2) is 9.36. The van der Waals surface area contributed by atoms with E-state index in [1.165, 1.54) is 20.8 Å². The van der Waals surface area contributed by atoms with E-state index in [1.54, 1.807) is 13.0 Å². The number of epoxide rings is 1. The summed E-state index contributed by atoms with van der Waals surface area (Å²) < 4.78 is 23.4. The van der Waals surface area contributed by atoms with Crippen molar-refractivity contribution < 1.29 is 53.0 Å². The molecular weight excluding hydrogens is 488 g/mol. The van der Waals surface area contributed by atoms with Gasteiger partial charge in [0, 0.05) is 33.1 Å². The summed E-state index contributed by atoms with van der Waals surface area (Å²) in [5, 5.41) is 12.3. The Labute approximate surface area is 215 Å². The molecule has 0 unspecified atom stereocenters. The minimum Gasteiger partial charge on any atom is -0.462 e. The molecule has 1 N–H and O–H groups in total. The number of ether oxygens (including phenoxy) is 4. The fraction of sp³-hybridized carbons (Fsp3) is 0.769. The summed E-state index contributed by atoms with van der Waals surface area (Å²) in [6.07, 6.45) is -1.72. The van der Waals surface area contributed by atoms with Gasteiger partial charge in [0.05, 0.1) is 23.0 Å². The van der Waals surface area contributed by atoms with Crippen LogP contribution in [-0.4, -0.2) is 70.7 Å². The van der Waals surface area contributed by atoms with Crippen LogP contribution in [0.1, 0.15) is 67.7 Å². The van der Waals surface area contributed by atoms with Gasteiger partial charge in [0.1, 0.15) is 23.9 Å². The van der Waals surface area contributed by atoms with Gasteiger partial charge in [-0.15, -0.1) is 0 Å². The lowest BCUT2D eigenvalue weighted by molar-refractivity contribution is -0.358. The Morgan fingerprint density at radius 3 is 2.27 bits per heavy atom. The molecule has 0 bridgehead atoms. The molecule has 2 aliphatic carbocycles. The predicted molar refractivity (Wildman–Crippen MR) is 124 cm³/mol. The molecule has 0 amide bonds. The topological polar surface area (TPSA) is 147 Å². The maximum atomic E-state index is 12.8. The number of rotatable bonds is 4. The van der Waals surface area contributed by atoms with Crippen LogP contribution in [0, 0.1) is 17.3 Å². The number of carbonyl (C=O) groups is 4. The molecule has 2 heterocycles. The van der Waals surface area contributed by atoms with Gasteiger partial charge in [0.15, 0.2) is 6.10 Å². The van der Waals surface area contributed by atoms with Crippen molar-refractivity contribution in [1.29, 1.82) is 0 Å².